The van der Waals surface area contributed by atoms with Crippen LogP contribution < -0.4 is 0 Å². The Morgan fingerprint density at radius 2 is 1.69 bits per heavy atom. The molecule has 2 rings (SSSR count). The maximum absolute atomic E-state index is 14.2. The monoisotopic (exact) mass is 417 g/mol. The van der Waals surface area contributed by atoms with Crippen LogP contribution in [0.4, 0.5) is 32.0 Å². The Labute approximate surface area is 160 Å². The minimum atomic E-state index is -2.21. The molecule has 2 aromatic carbocycles. The molecule has 0 unspecified atom stereocenters. The van der Waals surface area contributed by atoms with E-state index in [1.54, 1.807) is 0 Å². The minimum absolute atomic E-state index is 0.206. The first kappa shape index (κ1) is 22.0. The second-order valence-electron chi connectivity index (χ2n) is 5.59. The number of carbonyl (C=O) groups excluding carboxylic acids is 1. The fourth-order valence-electron chi connectivity index (χ4n) is 2.30. The number of esters is 1. The normalized spacial score (nSPS) is 12.3. The number of benzene rings is 2. The Morgan fingerprint density at radius 1 is 1.07 bits per heavy atom. The molecular formula is C19H13F6NO3. The van der Waals surface area contributed by atoms with Crippen LogP contribution in [0.15, 0.2) is 28.8 Å². The fourth-order valence-corrected chi connectivity index (χ4v) is 2.30. The molecule has 0 aliphatic heterocycles. The molecule has 0 aromatic heterocycles. The van der Waals surface area contributed by atoms with Gasteiger partial charge in [0.05, 0.1) is 17.9 Å². The zero-order chi connectivity index (χ0) is 21.9. The van der Waals surface area contributed by atoms with Crippen molar-refractivity contribution in [2.75, 3.05) is 6.61 Å². The summed E-state index contributed by atoms with van der Waals surface area (Å²) >= 11 is 0. The van der Waals surface area contributed by atoms with Crippen molar-refractivity contribution in [3.8, 4) is 0 Å². The first-order chi connectivity index (χ1) is 13.6. The summed E-state index contributed by atoms with van der Waals surface area (Å²) in [6.45, 7) is 2.03. The van der Waals surface area contributed by atoms with E-state index in [9.17, 15) is 36.2 Å². The van der Waals surface area contributed by atoms with E-state index in [1.165, 1.54) is 6.92 Å². The predicted molar refractivity (Wildman–Crippen MR) is 91.7 cm³/mol. The van der Waals surface area contributed by atoms with E-state index in [1.807, 2.05) is 0 Å². The maximum atomic E-state index is 14.2. The highest BCUT2D eigenvalue weighted by molar-refractivity contribution is 6.15. The average molecular weight is 417 g/mol. The summed E-state index contributed by atoms with van der Waals surface area (Å²) in [6.07, 6.45) is 0.543. The summed E-state index contributed by atoms with van der Waals surface area (Å²) in [5.41, 5.74) is -3.34. The van der Waals surface area contributed by atoms with Gasteiger partial charge in [0.2, 0.25) is 0 Å². The molecule has 0 radical (unpaired) electrons. The zero-order valence-corrected chi connectivity index (χ0v) is 15.0. The molecule has 0 saturated carbocycles. The van der Waals surface area contributed by atoms with Crippen molar-refractivity contribution in [1.82, 2.24) is 0 Å². The number of halogens is 6. The van der Waals surface area contributed by atoms with Crippen molar-refractivity contribution in [3.05, 3.63) is 69.8 Å². The second-order valence-corrected chi connectivity index (χ2v) is 5.59. The van der Waals surface area contributed by atoms with Crippen LogP contribution in [0.25, 0.3) is 5.76 Å². The molecule has 10 heteroatoms. The molecule has 0 spiro atoms. The van der Waals surface area contributed by atoms with Crippen molar-refractivity contribution in [3.63, 3.8) is 0 Å². The van der Waals surface area contributed by atoms with Crippen LogP contribution in [-0.2, 0) is 9.53 Å². The van der Waals surface area contributed by atoms with Gasteiger partial charge in [0.1, 0.15) is 17.1 Å². The molecular weight excluding hydrogens is 404 g/mol. The summed E-state index contributed by atoms with van der Waals surface area (Å²) in [7, 11) is 0. The molecule has 2 aromatic rings. The SMILES string of the molecule is CCOC(=O)C(C=Nc1ccc(F)cc1F)=C(O)c1c(C)c(F)c(F)c(F)c1F. The van der Waals surface area contributed by atoms with Gasteiger partial charge in [-0.05, 0) is 26.0 Å². The summed E-state index contributed by atoms with van der Waals surface area (Å²) in [4.78, 5) is 15.7. The molecule has 0 amide bonds. The summed E-state index contributed by atoms with van der Waals surface area (Å²) in [6, 6.07) is 2.26. The van der Waals surface area contributed by atoms with Gasteiger partial charge in [-0.25, -0.2) is 31.1 Å². The van der Waals surface area contributed by atoms with Crippen LogP contribution >= 0.6 is 0 Å². The maximum Gasteiger partial charge on any atom is 0.343 e. The van der Waals surface area contributed by atoms with Crippen LogP contribution in [0.3, 0.4) is 0 Å². The topological polar surface area (TPSA) is 58.9 Å². The van der Waals surface area contributed by atoms with E-state index >= 15 is 0 Å². The number of rotatable bonds is 5. The first-order valence-electron chi connectivity index (χ1n) is 8.02. The third-order valence-electron chi connectivity index (χ3n) is 3.73. The van der Waals surface area contributed by atoms with Crippen LogP contribution in [0.1, 0.15) is 18.1 Å². The van der Waals surface area contributed by atoms with Gasteiger partial charge in [0.25, 0.3) is 0 Å². The number of aliphatic hydroxyl groups is 1. The number of nitrogens with zero attached hydrogens (tertiary/aromatic N) is 1. The van der Waals surface area contributed by atoms with Gasteiger partial charge in [-0.2, -0.15) is 0 Å². The van der Waals surface area contributed by atoms with Crippen LogP contribution in [0, 0.1) is 41.8 Å². The van der Waals surface area contributed by atoms with Gasteiger partial charge in [-0.3, -0.25) is 4.99 Å². The number of carbonyl (C=O) groups is 1. The summed E-state index contributed by atoms with van der Waals surface area (Å²) < 4.78 is 86.2. The number of aliphatic imine (C=N–C) groups is 1. The van der Waals surface area contributed by atoms with Crippen LogP contribution in [0.2, 0.25) is 0 Å². The van der Waals surface area contributed by atoms with Gasteiger partial charge >= 0.3 is 5.97 Å². The largest absolute Gasteiger partial charge is 0.506 e. The lowest BCUT2D eigenvalue weighted by Crippen LogP contribution is -2.14. The Morgan fingerprint density at radius 3 is 2.28 bits per heavy atom. The third kappa shape index (κ3) is 4.41. The first-order valence-corrected chi connectivity index (χ1v) is 8.02. The molecule has 0 aliphatic rings. The molecule has 0 aliphatic carbocycles. The van der Waals surface area contributed by atoms with Gasteiger partial charge in [-0.15, -0.1) is 0 Å². The van der Waals surface area contributed by atoms with Gasteiger partial charge < -0.3 is 9.84 Å². The predicted octanol–water partition coefficient (Wildman–Crippen LogP) is 5.06. The summed E-state index contributed by atoms with van der Waals surface area (Å²) in [5, 5.41) is 10.3. The van der Waals surface area contributed by atoms with Crippen molar-refractivity contribution in [2.24, 2.45) is 4.99 Å². The Bertz CT molecular complexity index is 1000. The van der Waals surface area contributed by atoms with Crippen LogP contribution in [0.5, 0.6) is 0 Å². The van der Waals surface area contributed by atoms with Crippen molar-refractivity contribution < 1.29 is 41.0 Å². The number of aliphatic hydroxyl groups excluding tert-OH is 1. The van der Waals surface area contributed by atoms with E-state index in [0.717, 1.165) is 19.1 Å². The third-order valence-corrected chi connectivity index (χ3v) is 3.73. The molecule has 0 fully saturated rings. The standard InChI is InChI=1S/C19H13F6NO3/c1-3-29-19(28)10(7-26-12-5-4-9(20)6-11(12)21)18(27)13-8(2)14(22)16(24)17(25)15(13)23/h4-7,27H,3H2,1-2H3. The molecule has 29 heavy (non-hydrogen) atoms. The lowest BCUT2D eigenvalue weighted by molar-refractivity contribution is -0.137. The zero-order valence-electron chi connectivity index (χ0n) is 15.0. The molecule has 1 N–H and O–H groups in total. The average Bonchev–Trinajstić information content (AvgIpc) is 2.67. The number of ether oxygens (including phenoxy) is 1. The summed E-state index contributed by atoms with van der Waals surface area (Å²) in [5.74, 6) is -12.7. The highest BCUT2D eigenvalue weighted by Gasteiger charge is 2.28. The van der Waals surface area contributed by atoms with Gasteiger partial charge in [0, 0.05) is 17.8 Å². The number of hydrogen-bond acceptors (Lipinski definition) is 4. The molecule has 154 valence electrons. The quantitative estimate of drug-likeness (QED) is 0.141. The van der Waals surface area contributed by atoms with E-state index in [2.05, 4.69) is 9.73 Å². The van der Waals surface area contributed by atoms with Gasteiger partial charge in [-0.1, -0.05) is 0 Å². The highest BCUT2D eigenvalue weighted by atomic mass is 19.2. The smallest absolute Gasteiger partial charge is 0.343 e. The van der Waals surface area contributed by atoms with Crippen molar-refractivity contribution in [1.29, 1.82) is 0 Å². The minimum Gasteiger partial charge on any atom is -0.506 e. The lowest BCUT2D eigenvalue weighted by Gasteiger charge is -2.12. The van der Waals surface area contributed by atoms with Crippen molar-refractivity contribution in [2.45, 2.75) is 13.8 Å². The van der Waals surface area contributed by atoms with Gasteiger partial charge in [0.15, 0.2) is 29.1 Å². The van der Waals surface area contributed by atoms with E-state index in [0.29, 0.717) is 12.3 Å². The van der Waals surface area contributed by atoms with E-state index < -0.39 is 69.0 Å². The van der Waals surface area contributed by atoms with Crippen molar-refractivity contribution >= 4 is 23.6 Å². The molecule has 0 heterocycles. The Hall–Kier alpha value is -3.30. The Kier molecular flexibility index (Phi) is 6.68. The van der Waals surface area contributed by atoms with E-state index in [-0.39, 0.29) is 6.61 Å². The molecule has 0 saturated heterocycles. The highest BCUT2D eigenvalue weighted by Crippen LogP contribution is 2.30. The molecule has 0 atom stereocenters. The van der Waals surface area contributed by atoms with Crippen LogP contribution in [-0.4, -0.2) is 23.9 Å². The Balaban J connectivity index is 2.70. The fraction of sp³-hybridized carbons (Fsp3) is 0.158. The second kappa shape index (κ2) is 8.80. The molecule has 0 bridgehead atoms. The van der Waals surface area contributed by atoms with E-state index in [4.69, 9.17) is 0 Å². The lowest BCUT2D eigenvalue weighted by atomic mass is 10.0. The molecule has 4 nitrogen and oxygen atoms in total. The number of hydrogen-bond donors (Lipinski definition) is 1.